The maximum Gasteiger partial charge on any atom is 0.416 e. The molecule has 4 rings (SSSR count). The van der Waals surface area contributed by atoms with Crippen molar-refractivity contribution in [3.8, 4) is 17.1 Å². The zero-order chi connectivity index (χ0) is 22.6. The number of thioether (sulfide) groups is 1. The molecule has 2 aromatic heterocycles. The number of ether oxygens (including phenoxy) is 1. The summed E-state index contributed by atoms with van der Waals surface area (Å²) in [5.74, 6) is 0.184. The Morgan fingerprint density at radius 1 is 1.22 bits per heavy atom. The second-order valence-corrected chi connectivity index (χ2v) is 8.10. The number of carbonyl (C=O) groups excluding carboxylic acids is 1. The van der Waals surface area contributed by atoms with Crippen molar-refractivity contribution in [2.24, 2.45) is 0 Å². The number of nitrogens with zero attached hydrogens (tertiary/aromatic N) is 4. The normalized spacial score (nSPS) is 16.3. The third-order valence-corrected chi connectivity index (χ3v) is 5.82. The molecular formula is C21H20F3N5O2S. The number of carbonyl (C=O) groups is 1. The van der Waals surface area contributed by atoms with E-state index in [4.69, 9.17) is 4.74 Å². The second kappa shape index (κ2) is 9.70. The first-order valence-corrected chi connectivity index (χ1v) is 10.9. The monoisotopic (exact) mass is 463 g/mol. The van der Waals surface area contributed by atoms with Crippen LogP contribution in [-0.2, 0) is 15.7 Å². The van der Waals surface area contributed by atoms with Crippen LogP contribution in [-0.4, -0.2) is 50.7 Å². The molecule has 32 heavy (non-hydrogen) atoms. The van der Waals surface area contributed by atoms with E-state index < -0.39 is 11.7 Å². The van der Waals surface area contributed by atoms with Gasteiger partial charge in [0.05, 0.1) is 23.1 Å². The molecule has 1 fully saturated rings. The highest BCUT2D eigenvalue weighted by molar-refractivity contribution is 7.99. The number of rotatable bonds is 7. The topological polar surface area (TPSA) is 81.9 Å². The third kappa shape index (κ3) is 5.28. The van der Waals surface area contributed by atoms with E-state index in [1.807, 2.05) is 0 Å². The molecule has 0 radical (unpaired) electrons. The SMILES string of the molecule is O=C(CSc1nnc(-c2ccncc2)n1-c1cccc(C(F)(F)F)c1)NCC1CCCO1. The number of hydrogen-bond acceptors (Lipinski definition) is 6. The van der Waals surface area contributed by atoms with Crippen LogP contribution in [0.2, 0.25) is 0 Å². The van der Waals surface area contributed by atoms with Crippen molar-refractivity contribution in [2.75, 3.05) is 18.9 Å². The predicted molar refractivity (Wildman–Crippen MR) is 112 cm³/mol. The van der Waals surface area contributed by atoms with Crippen LogP contribution >= 0.6 is 11.8 Å². The molecule has 168 valence electrons. The summed E-state index contributed by atoms with van der Waals surface area (Å²) in [5, 5.41) is 11.4. The molecule has 11 heteroatoms. The molecule has 3 aromatic rings. The lowest BCUT2D eigenvalue weighted by Crippen LogP contribution is -2.32. The van der Waals surface area contributed by atoms with E-state index in [0.29, 0.717) is 29.7 Å². The van der Waals surface area contributed by atoms with E-state index in [1.165, 1.54) is 10.6 Å². The molecule has 0 saturated carbocycles. The largest absolute Gasteiger partial charge is 0.416 e. The first kappa shape index (κ1) is 22.3. The Morgan fingerprint density at radius 2 is 2.03 bits per heavy atom. The Bertz CT molecular complexity index is 1070. The van der Waals surface area contributed by atoms with Gasteiger partial charge in [0.2, 0.25) is 5.91 Å². The summed E-state index contributed by atoms with van der Waals surface area (Å²) in [5.41, 5.74) is 0.105. The number of pyridine rings is 1. The summed E-state index contributed by atoms with van der Waals surface area (Å²) in [6.45, 7) is 1.13. The standard InChI is InChI=1S/C21H20F3N5O2S/c22-21(23,24)15-3-1-4-16(11-15)29-19(14-6-8-25-9-7-14)27-28-20(29)32-13-18(30)26-12-17-5-2-10-31-17/h1,3-4,6-9,11,17H,2,5,10,12-13H2,(H,26,30). The molecule has 0 aliphatic carbocycles. The van der Waals surface area contributed by atoms with Crippen molar-refractivity contribution >= 4 is 17.7 Å². The molecule has 1 saturated heterocycles. The molecule has 1 N–H and O–H groups in total. The molecule has 3 heterocycles. The van der Waals surface area contributed by atoms with Crippen molar-refractivity contribution < 1.29 is 22.7 Å². The Balaban J connectivity index is 1.59. The van der Waals surface area contributed by atoms with Crippen LogP contribution in [0.1, 0.15) is 18.4 Å². The summed E-state index contributed by atoms with van der Waals surface area (Å²) in [6.07, 6.45) is 0.546. The molecule has 1 aliphatic rings. The minimum Gasteiger partial charge on any atom is -0.376 e. The second-order valence-electron chi connectivity index (χ2n) is 7.15. The Kier molecular flexibility index (Phi) is 6.75. The third-order valence-electron chi connectivity index (χ3n) is 4.89. The Labute approximate surface area is 186 Å². The summed E-state index contributed by atoms with van der Waals surface area (Å²) in [4.78, 5) is 16.2. The van der Waals surface area contributed by atoms with Gasteiger partial charge in [-0.05, 0) is 43.2 Å². The van der Waals surface area contributed by atoms with Crippen LogP contribution in [0.3, 0.4) is 0 Å². The average Bonchev–Trinajstić information content (AvgIpc) is 3.46. The van der Waals surface area contributed by atoms with Gasteiger partial charge in [0.1, 0.15) is 0 Å². The number of nitrogens with one attached hydrogen (secondary N) is 1. The maximum atomic E-state index is 13.3. The average molecular weight is 463 g/mol. The summed E-state index contributed by atoms with van der Waals surface area (Å²) >= 11 is 1.10. The molecule has 1 atom stereocenters. The molecule has 7 nitrogen and oxygen atoms in total. The van der Waals surface area contributed by atoms with E-state index in [1.54, 1.807) is 30.6 Å². The van der Waals surface area contributed by atoms with E-state index in [-0.39, 0.29) is 23.5 Å². The highest BCUT2D eigenvalue weighted by Gasteiger charge is 2.31. The smallest absolute Gasteiger partial charge is 0.376 e. The first-order valence-electron chi connectivity index (χ1n) is 9.96. The maximum absolute atomic E-state index is 13.3. The Morgan fingerprint density at radius 3 is 2.75 bits per heavy atom. The quantitative estimate of drug-likeness (QED) is 0.538. The molecule has 1 aliphatic heterocycles. The zero-order valence-electron chi connectivity index (χ0n) is 16.9. The summed E-state index contributed by atoms with van der Waals surface area (Å²) in [6, 6.07) is 8.30. The van der Waals surface area contributed by atoms with Crippen LogP contribution in [0.4, 0.5) is 13.2 Å². The van der Waals surface area contributed by atoms with Crippen LogP contribution in [0.25, 0.3) is 17.1 Å². The van der Waals surface area contributed by atoms with Gasteiger partial charge in [-0.2, -0.15) is 13.2 Å². The number of amides is 1. The highest BCUT2D eigenvalue weighted by atomic mass is 32.2. The molecule has 1 unspecified atom stereocenters. The lowest BCUT2D eigenvalue weighted by molar-refractivity contribution is -0.137. The van der Waals surface area contributed by atoms with Crippen molar-refractivity contribution in [2.45, 2.75) is 30.3 Å². The number of alkyl halides is 3. The fraction of sp³-hybridized carbons (Fsp3) is 0.333. The Hall–Kier alpha value is -2.92. The first-order chi connectivity index (χ1) is 15.4. The molecule has 1 amide bonds. The zero-order valence-corrected chi connectivity index (χ0v) is 17.7. The van der Waals surface area contributed by atoms with E-state index >= 15 is 0 Å². The number of aromatic nitrogens is 4. The summed E-state index contributed by atoms with van der Waals surface area (Å²) in [7, 11) is 0. The molecule has 0 spiro atoms. The minimum absolute atomic E-state index is 0.0241. The van der Waals surface area contributed by atoms with E-state index in [9.17, 15) is 18.0 Å². The van der Waals surface area contributed by atoms with Crippen molar-refractivity contribution in [3.63, 3.8) is 0 Å². The van der Waals surface area contributed by atoms with Crippen LogP contribution in [0, 0.1) is 0 Å². The fourth-order valence-electron chi connectivity index (χ4n) is 3.32. The van der Waals surface area contributed by atoms with Gasteiger partial charge in [0.15, 0.2) is 11.0 Å². The van der Waals surface area contributed by atoms with Crippen LogP contribution in [0.15, 0.2) is 53.9 Å². The van der Waals surface area contributed by atoms with Gasteiger partial charge in [-0.25, -0.2) is 0 Å². The highest BCUT2D eigenvalue weighted by Crippen LogP contribution is 2.33. The molecular weight excluding hydrogens is 443 g/mol. The van der Waals surface area contributed by atoms with Gasteiger partial charge in [0.25, 0.3) is 0 Å². The number of hydrogen-bond donors (Lipinski definition) is 1. The predicted octanol–water partition coefficient (Wildman–Crippen LogP) is 3.74. The van der Waals surface area contributed by atoms with Gasteiger partial charge in [0, 0.05) is 31.1 Å². The lowest BCUT2D eigenvalue weighted by Gasteiger charge is -2.13. The van der Waals surface area contributed by atoms with Crippen LogP contribution < -0.4 is 5.32 Å². The summed E-state index contributed by atoms with van der Waals surface area (Å²) < 4.78 is 46.9. The van der Waals surface area contributed by atoms with E-state index in [0.717, 1.165) is 36.7 Å². The number of halogens is 3. The van der Waals surface area contributed by atoms with E-state index in [2.05, 4.69) is 20.5 Å². The van der Waals surface area contributed by atoms with Gasteiger partial charge in [-0.1, -0.05) is 17.8 Å². The van der Waals surface area contributed by atoms with Crippen molar-refractivity contribution in [1.82, 2.24) is 25.1 Å². The fourth-order valence-corrected chi connectivity index (χ4v) is 4.10. The van der Waals surface area contributed by atoms with Gasteiger partial charge in [-0.15, -0.1) is 10.2 Å². The van der Waals surface area contributed by atoms with Crippen molar-refractivity contribution in [1.29, 1.82) is 0 Å². The minimum atomic E-state index is -4.49. The van der Waals surface area contributed by atoms with Crippen LogP contribution in [0.5, 0.6) is 0 Å². The van der Waals surface area contributed by atoms with Gasteiger partial charge >= 0.3 is 6.18 Å². The lowest BCUT2D eigenvalue weighted by atomic mass is 10.2. The van der Waals surface area contributed by atoms with Crippen molar-refractivity contribution in [3.05, 3.63) is 54.4 Å². The number of benzene rings is 1. The molecule has 1 aromatic carbocycles. The van der Waals surface area contributed by atoms with Gasteiger partial charge < -0.3 is 10.1 Å². The molecule has 0 bridgehead atoms. The van der Waals surface area contributed by atoms with Gasteiger partial charge in [-0.3, -0.25) is 14.3 Å².